The maximum Gasteiger partial charge on any atom is 0.244 e. The van der Waals surface area contributed by atoms with Crippen molar-refractivity contribution in [2.45, 2.75) is 12.8 Å². The van der Waals surface area contributed by atoms with Gasteiger partial charge in [-0.15, -0.1) is 0 Å². The lowest BCUT2D eigenvalue weighted by atomic mass is 10.1. The Hall–Kier alpha value is -0.950. The number of anilines is 1. The molecule has 0 unspecified atom stereocenters. The SMILES string of the molecule is N#CC1(C(=O)Nc2c(Cl)cc(Cl)cc2Cl)CC1. The van der Waals surface area contributed by atoms with Crippen LogP contribution < -0.4 is 5.32 Å². The van der Waals surface area contributed by atoms with Crippen LogP contribution in [0.1, 0.15) is 12.8 Å². The molecule has 1 aromatic rings. The molecule has 0 aromatic heterocycles. The number of hydrogen-bond acceptors (Lipinski definition) is 2. The maximum absolute atomic E-state index is 11.8. The third-order valence-corrected chi connectivity index (χ3v) is 3.46. The topological polar surface area (TPSA) is 52.9 Å². The number of nitriles is 1. The number of carbonyl (C=O) groups is 1. The minimum Gasteiger partial charge on any atom is -0.322 e. The fourth-order valence-corrected chi connectivity index (χ4v) is 2.32. The van der Waals surface area contributed by atoms with Gasteiger partial charge in [0.05, 0.1) is 21.8 Å². The van der Waals surface area contributed by atoms with E-state index in [0.29, 0.717) is 23.6 Å². The summed E-state index contributed by atoms with van der Waals surface area (Å²) in [6.45, 7) is 0. The number of rotatable bonds is 2. The van der Waals surface area contributed by atoms with Crippen molar-refractivity contribution in [2.24, 2.45) is 5.41 Å². The lowest BCUT2D eigenvalue weighted by molar-refractivity contribution is -0.119. The average Bonchev–Trinajstić information content (AvgIpc) is 3.03. The van der Waals surface area contributed by atoms with E-state index in [1.165, 1.54) is 12.1 Å². The number of benzene rings is 1. The molecule has 0 bridgehead atoms. The molecule has 1 saturated carbocycles. The van der Waals surface area contributed by atoms with Crippen LogP contribution in [0.5, 0.6) is 0 Å². The summed E-state index contributed by atoms with van der Waals surface area (Å²) in [5, 5.41) is 12.4. The highest BCUT2D eigenvalue weighted by atomic mass is 35.5. The van der Waals surface area contributed by atoms with E-state index in [0.717, 1.165) is 0 Å². The van der Waals surface area contributed by atoms with Gasteiger partial charge in [-0.1, -0.05) is 34.8 Å². The maximum atomic E-state index is 11.8. The summed E-state index contributed by atoms with van der Waals surface area (Å²) in [6.07, 6.45) is 1.14. The second-order valence-electron chi connectivity index (χ2n) is 3.89. The van der Waals surface area contributed by atoms with Gasteiger partial charge in [0.15, 0.2) is 0 Å². The fourth-order valence-electron chi connectivity index (χ4n) is 1.41. The normalized spacial score (nSPS) is 16.1. The van der Waals surface area contributed by atoms with Gasteiger partial charge in [-0.3, -0.25) is 4.79 Å². The van der Waals surface area contributed by atoms with Crippen LogP contribution in [-0.4, -0.2) is 5.91 Å². The molecule has 1 N–H and O–H groups in total. The van der Waals surface area contributed by atoms with Gasteiger partial charge in [-0.25, -0.2) is 0 Å². The summed E-state index contributed by atoms with van der Waals surface area (Å²) in [5.41, 5.74) is -0.615. The Morgan fingerprint density at radius 2 is 1.82 bits per heavy atom. The van der Waals surface area contributed by atoms with Crippen LogP contribution in [0, 0.1) is 16.7 Å². The van der Waals surface area contributed by atoms with Gasteiger partial charge in [0.1, 0.15) is 5.41 Å². The van der Waals surface area contributed by atoms with Crippen LogP contribution in [-0.2, 0) is 4.79 Å². The highest BCUT2D eigenvalue weighted by molar-refractivity contribution is 6.42. The lowest BCUT2D eigenvalue weighted by Crippen LogP contribution is -2.23. The number of carbonyl (C=O) groups excluding carboxylic acids is 1. The summed E-state index contributed by atoms with van der Waals surface area (Å²) >= 11 is 17.6. The third-order valence-electron chi connectivity index (χ3n) is 2.64. The minimum atomic E-state index is -0.910. The van der Waals surface area contributed by atoms with Crippen molar-refractivity contribution in [1.82, 2.24) is 0 Å². The smallest absolute Gasteiger partial charge is 0.244 e. The quantitative estimate of drug-likeness (QED) is 0.898. The highest BCUT2D eigenvalue weighted by Crippen LogP contribution is 2.46. The van der Waals surface area contributed by atoms with Crippen molar-refractivity contribution in [1.29, 1.82) is 5.26 Å². The molecule has 0 radical (unpaired) electrons. The van der Waals surface area contributed by atoms with Crippen LogP contribution in [0.25, 0.3) is 0 Å². The molecule has 0 saturated heterocycles. The largest absolute Gasteiger partial charge is 0.322 e. The first-order chi connectivity index (χ1) is 7.98. The van der Waals surface area contributed by atoms with Gasteiger partial charge >= 0.3 is 0 Å². The molecule has 0 heterocycles. The molecule has 88 valence electrons. The van der Waals surface area contributed by atoms with E-state index in [-0.39, 0.29) is 16.0 Å². The fraction of sp³-hybridized carbons (Fsp3) is 0.273. The molecule has 3 nitrogen and oxygen atoms in total. The molecule has 2 rings (SSSR count). The average molecular weight is 290 g/mol. The Balaban J connectivity index is 2.26. The van der Waals surface area contributed by atoms with E-state index < -0.39 is 5.41 Å². The van der Waals surface area contributed by atoms with Gasteiger partial charge in [-0.05, 0) is 25.0 Å². The molecule has 1 amide bonds. The molecule has 0 atom stereocenters. The highest BCUT2D eigenvalue weighted by Gasteiger charge is 2.50. The first-order valence-electron chi connectivity index (χ1n) is 4.86. The van der Waals surface area contributed by atoms with Crippen LogP contribution in [0.15, 0.2) is 12.1 Å². The Bertz CT molecular complexity index is 509. The monoisotopic (exact) mass is 288 g/mol. The van der Waals surface area contributed by atoms with Crippen molar-refractivity contribution in [3.63, 3.8) is 0 Å². The first-order valence-corrected chi connectivity index (χ1v) is 5.99. The molecule has 1 aliphatic carbocycles. The standard InChI is InChI=1S/C11H7Cl3N2O/c12-6-3-7(13)9(8(14)4-6)16-10(17)11(5-15)1-2-11/h3-4H,1-2H2,(H,16,17). The van der Waals surface area contributed by atoms with Crippen molar-refractivity contribution in [2.75, 3.05) is 5.32 Å². The Morgan fingerprint density at radius 3 is 2.24 bits per heavy atom. The Labute approximate surface area is 113 Å². The van der Waals surface area contributed by atoms with Gasteiger partial charge in [0, 0.05) is 5.02 Å². The molecule has 0 spiro atoms. The summed E-state index contributed by atoms with van der Waals surface area (Å²) in [4.78, 5) is 11.8. The van der Waals surface area contributed by atoms with E-state index in [4.69, 9.17) is 40.1 Å². The first kappa shape index (κ1) is 12.5. The van der Waals surface area contributed by atoms with E-state index in [1.54, 1.807) is 0 Å². The Morgan fingerprint density at radius 1 is 1.29 bits per heavy atom. The van der Waals surface area contributed by atoms with E-state index in [9.17, 15) is 4.79 Å². The molecule has 6 heteroatoms. The van der Waals surface area contributed by atoms with E-state index >= 15 is 0 Å². The zero-order valence-corrected chi connectivity index (χ0v) is 10.8. The second-order valence-corrected chi connectivity index (χ2v) is 5.14. The van der Waals surface area contributed by atoms with Gasteiger partial charge in [-0.2, -0.15) is 5.26 Å². The van der Waals surface area contributed by atoms with Gasteiger partial charge in [0.25, 0.3) is 0 Å². The zero-order valence-electron chi connectivity index (χ0n) is 8.56. The third kappa shape index (κ3) is 2.35. The molecule has 1 aliphatic rings. The second kappa shape index (κ2) is 4.38. The number of nitrogens with one attached hydrogen (secondary N) is 1. The number of nitrogens with zero attached hydrogens (tertiary/aromatic N) is 1. The molecule has 1 fully saturated rings. The van der Waals surface area contributed by atoms with Crippen molar-refractivity contribution in [3.05, 3.63) is 27.2 Å². The lowest BCUT2D eigenvalue weighted by Gasteiger charge is -2.11. The number of halogens is 3. The molecular weight excluding hydrogens is 282 g/mol. The van der Waals surface area contributed by atoms with Gasteiger partial charge in [0.2, 0.25) is 5.91 Å². The minimum absolute atomic E-state index is 0.254. The summed E-state index contributed by atoms with van der Waals surface area (Å²) in [7, 11) is 0. The van der Waals surface area contributed by atoms with Crippen LogP contribution in [0.3, 0.4) is 0 Å². The van der Waals surface area contributed by atoms with E-state index in [1.807, 2.05) is 6.07 Å². The molecule has 17 heavy (non-hydrogen) atoms. The van der Waals surface area contributed by atoms with Crippen molar-refractivity contribution in [3.8, 4) is 6.07 Å². The van der Waals surface area contributed by atoms with Crippen molar-refractivity contribution < 1.29 is 4.79 Å². The van der Waals surface area contributed by atoms with Crippen LogP contribution >= 0.6 is 34.8 Å². The van der Waals surface area contributed by atoms with Crippen LogP contribution in [0.4, 0.5) is 5.69 Å². The number of hydrogen-bond donors (Lipinski definition) is 1. The number of amides is 1. The summed E-state index contributed by atoms with van der Waals surface area (Å²) in [6, 6.07) is 4.96. The predicted molar refractivity (Wildman–Crippen MR) is 67.4 cm³/mol. The predicted octanol–water partition coefficient (Wildman–Crippen LogP) is 3.89. The molecule has 1 aromatic carbocycles. The zero-order chi connectivity index (χ0) is 12.6. The van der Waals surface area contributed by atoms with E-state index in [2.05, 4.69) is 5.32 Å². The Kier molecular flexibility index (Phi) is 3.22. The molecule has 0 aliphatic heterocycles. The summed E-state index contributed by atoms with van der Waals surface area (Å²) in [5.74, 6) is -0.369. The van der Waals surface area contributed by atoms with Crippen molar-refractivity contribution >= 4 is 46.4 Å². The van der Waals surface area contributed by atoms with Crippen LogP contribution in [0.2, 0.25) is 15.1 Å². The molecular formula is C11H7Cl3N2O. The van der Waals surface area contributed by atoms with Gasteiger partial charge < -0.3 is 5.32 Å². The summed E-state index contributed by atoms with van der Waals surface area (Å²) < 4.78 is 0.